The van der Waals surface area contributed by atoms with Gasteiger partial charge in [0.2, 0.25) is 0 Å². The maximum absolute atomic E-state index is 12.0. The number of nitrogens with zero attached hydrogens (tertiary/aromatic N) is 2. The number of rotatable bonds is 3. The molecule has 0 fully saturated rings. The Kier molecular flexibility index (Phi) is 3.40. The fraction of sp³-hybridized carbons (Fsp3) is 0.600. The average molecular weight is 234 g/mol. The van der Waals surface area contributed by atoms with E-state index < -0.39 is 24.8 Å². The number of ketones is 1. The molecule has 0 aliphatic rings. The van der Waals surface area contributed by atoms with E-state index in [9.17, 15) is 18.0 Å². The lowest BCUT2D eigenvalue weighted by molar-refractivity contribution is -0.133. The molecule has 1 aromatic heterocycles. The van der Waals surface area contributed by atoms with Crippen LogP contribution in [0.25, 0.3) is 0 Å². The number of carbonyl (C=O) groups is 1. The van der Waals surface area contributed by atoms with E-state index >= 15 is 0 Å². The fourth-order valence-corrected chi connectivity index (χ4v) is 1.56. The third-order valence-corrected chi connectivity index (χ3v) is 2.42. The van der Waals surface area contributed by atoms with Gasteiger partial charge < -0.3 is 0 Å². The third kappa shape index (κ3) is 2.84. The van der Waals surface area contributed by atoms with E-state index in [-0.39, 0.29) is 0 Å². The lowest BCUT2D eigenvalue weighted by Gasteiger charge is -2.05. The Bertz CT molecular complexity index is 407. The summed E-state index contributed by atoms with van der Waals surface area (Å²) in [6.45, 7) is 3.29. The van der Waals surface area contributed by atoms with E-state index in [1.807, 2.05) is 0 Å². The zero-order valence-electron chi connectivity index (χ0n) is 9.35. The van der Waals surface area contributed by atoms with Crippen LogP contribution >= 0.6 is 0 Å². The summed E-state index contributed by atoms with van der Waals surface area (Å²) in [6.07, 6.45) is -5.89. The van der Waals surface area contributed by atoms with Gasteiger partial charge in [-0.2, -0.15) is 18.3 Å². The highest BCUT2D eigenvalue weighted by atomic mass is 19.4. The molecule has 0 unspecified atom stereocenters. The monoisotopic (exact) mass is 234 g/mol. The van der Waals surface area contributed by atoms with Crippen molar-refractivity contribution in [3.8, 4) is 0 Å². The zero-order valence-corrected chi connectivity index (χ0v) is 9.35. The van der Waals surface area contributed by atoms with Crippen molar-refractivity contribution in [3.63, 3.8) is 0 Å². The Morgan fingerprint density at radius 2 is 1.94 bits per heavy atom. The largest absolute Gasteiger partial charge is 0.389 e. The molecule has 0 bridgehead atoms. The van der Waals surface area contributed by atoms with Crippen LogP contribution in [0.5, 0.6) is 0 Å². The van der Waals surface area contributed by atoms with Crippen LogP contribution in [0.15, 0.2) is 0 Å². The first-order chi connectivity index (χ1) is 7.22. The van der Waals surface area contributed by atoms with Gasteiger partial charge in [0, 0.05) is 19.2 Å². The molecule has 1 heterocycles. The molecule has 0 amide bonds. The highest BCUT2D eigenvalue weighted by molar-refractivity contribution is 5.98. The molecule has 0 N–H and O–H groups in total. The van der Waals surface area contributed by atoms with Gasteiger partial charge in [0.05, 0.1) is 17.7 Å². The standard InChI is InChI=1S/C10H13F3N2O/c1-6-9(7(2)15(3)14-6)8(16)4-5-10(11,12)13/h4-5H2,1-3H3. The molecule has 0 saturated carbocycles. The van der Waals surface area contributed by atoms with Crippen molar-refractivity contribution in [3.05, 3.63) is 17.0 Å². The predicted molar refractivity (Wildman–Crippen MR) is 52.3 cm³/mol. The topological polar surface area (TPSA) is 34.9 Å². The van der Waals surface area contributed by atoms with Gasteiger partial charge in [-0.1, -0.05) is 0 Å². The highest BCUT2D eigenvalue weighted by Crippen LogP contribution is 2.24. The summed E-state index contributed by atoms with van der Waals surface area (Å²) in [5.74, 6) is -0.500. The van der Waals surface area contributed by atoms with Crippen molar-refractivity contribution in [2.24, 2.45) is 7.05 Å². The molecule has 0 radical (unpaired) electrons. The van der Waals surface area contributed by atoms with E-state index in [2.05, 4.69) is 5.10 Å². The summed E-state index contributed by atoms with van der Waals surface area (Å²) in [5, 5.41) is 3.99. The van der Waals surface area contributed by atoms with Crippen LogP contribution in [0.2, 0.25) is 0 Å². The number of Topliss-reactive ketones (excluding diaryl/α,β-unsaturated/α-hetero) is 1. The zero-order chi connectivity index (χ0) is 12.5. The summed E-state index contributed by atoms with van der Waals surface area (Å²) < 4.78 is 37.4. The lowest BCUT2D eigenvalue weighted by Crippen LogP contribution is -2.12. The van der Waals surface area contributed by atoms with E-state index in [1.54, 1.807) is 20.9 Å². The second-order valence-corrected chi connectivity index (χ2v) is 3.71. The quantitative estimate of drug-likeness (QED) is 0.753. The normalized spacial score (nSPS) is 11.9. The smallest absolute Gasteiger partial charge is 0.294 e. The van der Waals surface area contributed by atoms with Crippen LogP contribution in [0.1, 0.15) is 34.6 Å². The SMILES string of the molecule is Cc1nn(C)c(C)c1C(=O)CCC(F)(F)F. The Balaban J connectivity index is 2.81. The van der Waals surface area contributed by atoms with Gasteiger partial charge in [-0.25, -0.2) is 0 Å². The van der Waals surface area contributed by atoms with E-state index in [4.69, 9.17) is 0 Å². The molecule has 0 aliphatic heterocycles. The Morgan fingerprint density at radius 3 is 2.31 bits per heavy atom. The number of aromatic nitrogens is 2. The molecule has 90 valence electrons. The van der Waals surface area contributed by atoms with Crippen LogP contribution in [-0.2, 0) is 7.05 Å². The molecular formula is C10H13F3N2O. The number of halogens is 3. The Morgan fingerprint density at radius 1 is 1.38 bits per heavy atom. The van der Waals surface area contributed by atoms with E-state index in [1.165, 1.54) is 4.68 Å². The molecule has 16 heavy (non-hydrogen) atoms. The second kappa shape index (κ2) is 4.27. The molecule has 6 heteroatoms. The summed E-state index contributed by atoms with van der Waals surface area (Å²) in [5.41, 5.74) is 1.39. The number of alkyl halides is 3. The van der Waals surface area contributed by atoms with Crippen molar-refractivity contribution in [2.75, 3.05) is 0 Å². The number of hydrogen-bond acceptors (Lipinski definition) is 2. The van der Waals surface area contributed by atoms with Gasteiger partial charge in [-0.15, -0.1) is 0 Å². The summed E-state index contributed by atoms with van der Waals surface area (Å²) in [6, 6.07) is 0. The molecule has 0 atom stereocenters. The third-order valence-electron chi connectivity index (χ3n) is 2.42. The van der Waals surface area contributed by atoms with Gasteiger partial charge in [0.1, 0.15) is 0 Å². The van der Waals surface area contributed by atoms with Crippen LogP contribution < -0.4 is 0 Å². The van der Waals surface area contributed by atoms with Crippen molar-refractivity contribution in [1.82, 2.24) is 9.78 Å². The molecule has 0 aliphatic carbocycles. The first-order valence-electron chi connectivity index (χ1n) is 4.82. The first-order valence-corrected chi connectivity index (χ1v) is 4.82. The van der Waals surface area contributed by atoms with Crippen LogP contribution in [0.3, 0.4) is 0 Å². The molecule has 1 rings (SSSR count). The van der Waals surface area contributed by atoms with Crippen molar-refractivity contribution >= 4 is 5.78 Å². The predicted octanol–water partition coefficient (Wildman–Crippen LogP) is 2.56. The number of carbonyl (C=O) groups excluding carboxylic acids is 1. The van der Waals surface area contributed by atoms with Crippen LogP contribution in [0, 0.1) is 13.8 Å². The summed E-state index contributed by atoms with van der Waals surface area (Å²) >= 11 is 0. The molecule has 3 nitrogen and oxygen atoms in total. The Labute approximate surface area is 91.3 Å². The van der Waals surface area contributed by atoms with Gasteiger partial charge in [-0.05, 0) is 13.8 Å². The molecular weight excluding hydrogens is 221 g/mol. The fourth-order valence-electron chi connectivity index (χ4n) is 1.56. The highest BCUT2D eigenvalue weighted by Gasteiger charge is 2.29. The first kappa shape index (κ1) is 12.7. The lowest BCUT2D eigenvalue weighted by atomic mass is 10.0. The number of hydrogen-bond donors (Lipinski definition) is 0. The molecule has 0 aromatic carbocycles. The van der Waals surface area contributed by atoms with E-state index in [0.29, 0.717) is 17.0 Å². The number of aryl methyl sites for hydroxylation is 2. The molecule has 0 saturated heterocycles. The minimum Gasteiger partial charge on any atom is -0.294 e. The minimum absolute atomic E-state index is 0.312. The summed E-state index contributed by atoms with van der Waals surface area (Å²) in [7, 11) is 1.66. The van der Waals surface area contributed by atoms with Crippen LogP contribution in [-0.4, -0.2) is 21.7 Å². The van der Waals surface area contributed by atoms with Gasteiger partial charge in [0.15, 0.2) is 5.78 Å². The maximum atomic E-state index is 12.0. The molecule has 0 spiro atoms. The van der Waals surface area contributed by atoms with Crippen molar-refractivity contribution < 1.29 is 18.0 Å². The minimum atomic E-state index is -4.29. The van der Waals surface area contributed by atoms with Gasteiger partial charge in [0.25, 0.3) is 0 Å². The average Bonchev–Trinajstić information content (AvgIpc) is 2.36. The van der Waals surface area contributed by atoms with Gasteiger partial charge in [-0.3, -0.25) is 9.48 Å². The van der Waals surface area contributed by atoms with Crippen molar-refractivity contribution in [1.29, 1.82) is 0 Å². The molecule has 1 aromatic rings. The van der Waals surface area contributed by atoms with Gasteiger partial charge >= 0.3 is 6.18 Å². The maximum Gasteiger partial charge on any atom is 0.389 e. The Hall–Kier alpha value is -1.33. The summed E-state index contributed by atoms with van der Waals surface area (Å²) in [4.78, 5) is 11.6. The van der Waals surface area contributed by atoms with Crippen LogP contribution in [0.4, 0.5) is 13.2 Å². The van der Waals surface area contributed by atoms with E-state index in [0.717, 1.165) is 0 Å². The second-order valence-electron chi connectivity index (χ2n) is 3.71. The van der Waals surface area contributed by atoms with Crippen molar-refractivity contribution in [2.45, 2.75) is 32.9 Å².